The van der Waals surface area contributed by atoms with Gasteiger partial charge in [-0.2, -0.15) is 0 Å². The van der Waals surface area contributed by atoms with Gasteiger partial charge < -0.3 is 10.6 Å². The van der Waals surface area contributed by atoms with Crippen LogP contribution in [0.15, 0.2) is 54.6 Å². The second-order valence-corrected chi connectivity index (χ2v) is 6.60. The molecule has 1 aliphatic heterocycles. The van der Waals surface area contributed by atoms with Crippen molar-refractivity contribution in [2.24, 2.45) is 5.92 Å². The summed E-state index contributed by atoms with van der Waals surface area (Å²) < 4.78 is 0. The molecule has 1 heterocycles. The van der Waals surface area contributed by atoms with Crippen molar-refractivity contribution < 1.29 is 9.59 Å². The van der Waals surface area contributed by atoms with E-state index in [9.17, 15) is 9.59 Å². The largest absolute Gasteiger partial charge is 0.326 e. The molecule has 0 spiro atoms. The number of benzene rings is 2. The molecule has 25 heavy (non-hydrogen) atoms. The van der Waals surface area contributed by atoms with Gasteiger partial charge in [0.15, 0.2) is 5.78 Å². The van der Waals surface area contributed by atoms with E-state index in [2.05, 4.69) is 10.6 Å². The van der Waals surface area contributed by atoms with Crippen LogP contribution in [0, 0.1) is 5.92 Å². The Morgan fingerprint density at radius 1 is 1.04 bits per heavy atom. The standard InChI is InChI=1S/C21H24N2O2/c1-15(24)23-19-9-5-8-18(14-19)21(25)20(16-6-3-2-4-7-16)17-10-12-22-13-11-17/h2-9,14,17,20,22H,10-13H2,1H3,(H,23,24). The average Bonchev–Trinajstić information content (AvgIpc) is 2.63. The summed E-state index contributed by atoms with van der Waals surface area (Å²) >= 11 is 0. The van der Waals surface area contributed by atoms with Crippen molar-refractivity contribution in [2.45, 2.75) is 25.7 Å². The number of ketones is 1. The van der Waals surface area contributed by atoms with Gasteiger partial charge in [0.05, 0.1) is 5.92 Å². The Kier molecular flexibility index (Phi) is 5.61. The van der Waals surface area contributed by atoms with Crippen LogP contribution in [0.25, 0.3) is 0 Å². The second kappa shape index (κ2) is 8.08. The third-order valence-electron chi connectivity index (χ3n) is 4.76. The number of carbonyl (C=O) groups excluding carboxylic acids is 2. The van der Waals surface area contributed by atoms with Crippen LogP contribution < -0.4 is 10.6 Å². The van der Waals surface area contributed by atoms with Gasteiger partial charge in [0.2, 0.25) is 5.91 Å². The zero-order chi connectivity index (χ0) is 17.6. The van der Waals surface area contributed by atoms with Gasteiger partial charge in [-0.05, 0) is 49.5 Å². The summed E-state index contributed by atoms with van der Waals surface area (Å²) in [7, 11) is 0. The maximum Gasteiger partial charge on any atom is 0.221 e. The maximum absolute atomic E-state index is 13.3. The van der Waals surface area contributed by atoms with E-state index in [4.69, 9.17) is 0 Å². The number of nitrogens with one attached hydrogen (secondary N) is 2. The van der Waals surface area contributed by atoms with Crippen molar-refractivity contribution in [2.75, 3.05) is 18.4 Å². The second-order valence-electron chi connectivity index (χ2n) is 6.60. The molecule has 1 unspecified atom stereocenters. The number of piperidine rings is 1. The number of hydrogen-bond acceptors (Lipinski definition) is 3. The fraction of sp³-hybridized carbons (Fsp3) is 0.333. The topological polar surface area (TPSA) is 58.2 Å². The Labute approximate surface area is 148 Å². The predicted octanol–water partition coefficient (Wildman–Crippen LogP) is 3.61. The Hall–Kier alpha value is -2.46. The quantitative estimate of drug-likeness (QED) is 0.820. The van der Waals surface area contributed by atoms with Crippen molar-refractivity contribution in [1.29, 1.82) is 0 Å². The van der Waals surface area contributed by atoms with Crippen LogP contribution in [0.2, 0.25) is 0 Å². The highest BCUT2D eigenvalue weighted by Crippen LogP contribution is 2.34. The van der Waals surface area contributed by atoms with Gasteiger partial charge in [0.1, 0.15) is 0 Å². The molecule has 3 rings (SSSR count). The molecular formula is C21H24N2O2. The molecular weight excluding hydrogens is 312 g/mol. The minimum absolute atomic E-state index is 0.130. The Morgan fingerprint density at radius 2 is 1.76 bits per heavy atom. The molecule has 0 aliphatic carbocycles. The zero-order valence-corrected chi connectivity index (χ0v) is 14.5. The molecule has 0 bridgehead atoms. The van der Waals surface area contributed by atoms with Crippen LogP contribution in [0.4, 0.5) is 5.69 Å². The summed E-state index contributed by atoms with van der Waals surface area (Å²) in [5.41, 5.74) is 2.39. The first-order valence-corrected chi connectivity index (χ1v) is 8.82. The molecule has 1 aliphatic rings. The van der Waals surface area contributed by atoms with Crippen molar-refractivity contribution in [1.82, 2.24) is 5.32 Å². The van der Waals surface area contributed by atoms with Crippen molar-refractivity contribution >= 4 is 17.4 Å². The van der Waals surface area contributed by atoms with E-state index in [0.29, 0.717) is 17.2 Å². The van der Waals surface area contributed by atoms with Gasteiger partial charge in [-0.25, -0.2) is 0 Å². The van der Waals surface area contributed by atoms with Gasteiger partial charge in [0.25, 0.3) is 0 Å². The van der Waals surface area contributed by atoms with Gasteiger partial charge in [0, 0.05) is 18.2 Å². The third-order valence-corrected chi connectivity index (χ3v) is 4.76. The SMILES string of the molecule is CC(=O)Nc1cccc(C(=O)C(c2ccccc2)C2CCNCC2)c1. The number of hydrogen-bond donors (Lipinski definition) is 2. The molecule has 1 fully saturated rings. The molecule has 2 N–H and O–H groups in total. The first kappa shape index (κ1) is 17.4. The molecule has 2 aromatic rings. The summed E-state index contributed by atoms with van der Waals surface area (Å²) in [6.45, 7) is 3.37. The molecule has 0 aromatic heterocycles. The molecule has 4 heteroatoms. The molecule has 1 saturated heterocycles. The normalized spacial score (nSPS) is 16.2. The minimum atomic E-state index is -0.143. The Balaban J connectivity index is 1.92. The molecule has 1 atom stereocenters. The molecule has 4 nitrogen and oxygen atoms in total. The Bertz CT molecular complexity index is 737. The van der Waals surface area contributed by atoms with Gasteiger partial charge in [-0.15, -0.1) is 0 Å². The lowest BCUT2D eigenvalue weighted by Gasteiger charge is -2.30. The Morgan fingerprint density at radius 3 is 2.44 bits per heavy atom. The van der Waals surface area contributed by atoms with E-state index in [0.717, 1.165) is 31.5 Å². The van der Waals surface area contributed by atoms with Crippen molar-refractivity contribution in [3.8, 4) is 0 Å². The van der Waals surface area contributed by atoms with E-state index in [1.165, 1.54) is 6.92 Å². The lowest BCUT2D eigenvalue weighted by molar-refractivity contribution is -0.114. The van der Waals surface area contributed by atoms with Crippen LogP contribution in [0.3, 0.4) is 0 Å². The summed E-state index contributed by atoms with van der Waals surface area (Å²) in [5.74, 6) is 0.185. The van der Waals surface area contributed by atoms with E-state index in [1.54, 1.807) is 12.1 Å². The van der Waals surface area contributed by atoms with E-state index >= 15 is 0 Å². The van der Waals surface area contributed by atoms with Crippen LogP contribution in [-0.2, 0) is 4.79 Å². The summed E-state index contributed by atoms with van der Waals surface area (Å²) in [6.07, 6.45) is 1.99. The number of amides is 1. The average molecular weight is 336 g/mol. The zero-order valence-electron chi connectivity index (χ0n) is 14.5. The first-order chi connectivity index (χ1) is 12.1. The fourth-order valence-corrected chi connectivity index (χ4v) is 3.61. The lowest BCUT2D eigenvalue weighted by Crippen LogP contribution is -2.33. The van der Waals surface area contributed by atoms with Crippen LogP contribution in [-0.4, -0.2) is 24.8 Å². The van der Waals surface area contributed by atoms with Crippen LogP contribution >= 0.6 is 0 Å². The minimum Gasteiger partial charge on any atom is -0.326 e. The van der Waals surface area contributed by atoms with Crippen LogP contribution in [0.5, 0.6) is 0 Å². The number of anilines is 1. The van der Waals surface area contributed by atoms with Gasteiger partial charge >= 0.3 is 0 Å². The van der Waals surface area contributed by atoms with Crippen molar-refractivity contribution in [3.63, 3.8) is 0 Å². The fourth-order valence-electron chi connectivity index (χ4n) is 3.61. The van der Waals surface area contributed by atoms with E-state index in [-0.39, 0.29) is 17.6 Å². The first-order valence-electron chi connectivity index (χ1n) is 8.82. The molecule has 0 radical (unpaired) electrons. The lowest BCUT2D eigenvalue weighted by atomic mass is 9.76. The highest BCUT2D eigenvalue weighted by atomic mass is 16.1. The van der Waals surface area contributed by atoms with Crippen LogP contribution in [0.1, 0.15) is 41.6 Å². The number of rotatable bonds is 5. The predicted molar refractivity (Wildman–Crippen MR) is 99.9 cm³/mol. The molecule has 1 amide bonds. The summed E-state index contributed by atoms with van der Waals surface area (Å²) in [5, 5.41) is 6.13. The molecule has 2 aromatic carbocycles. The maximum atomic E-state index is 13.3. The summed E-state index contributed by atoms with van der Waals surface area (Å²) in [4.78, 5) is 24.6. The van der Waals surface area contributed by atoms with E-state index in [1.807, 2.05) is 42.5 Å². The smallest absolute Gasteiger partial charge is 0.221 e. The van der Waals surface area contributed by atoms with E-state index < -0.39 is 0 Å². The monoisotopic (exact) mass is 336 g/mol. The summed E-state index contributed by atoms with van der Waals surface area (Å²) in [6, 6.07) is 17.3. The van der Waals surface area contributed by atoms with Gasteiger partial charge in [-0.1, -0.05) is 42.5 Å². The molecule has 0 saturated carbocycles. The number of Topliss-reactive ketones (excluding diaryl/α,β-unsaturated/α-hetero) is 1. The number of carbonyl (C=O) groups is 2. The molecule has 130 valence electrons. The highest BCUT2D eigenvalue weighted by Gasteiger charge is 2.31. The van der Waals surface area contributed by atoms with Gasteiger partial charge in [-0.3, -0.25) is 9.59 Å². The highest BCUT2D eigenvalue weighted by molar-refractivity contribution is 6.02. The third kappa shape index (κ3) is 4.34. The van der Waals surface area contributed by atoms with Crippen molar-refractivity contribution in [3.05, 3.63) is 65.7 Å².